The molecule has 4 heteroatoms. The molecule has 0 aliphatic heterocycles. The molecule has 0 spiro atoms. The third-order valence-corrected chi connectivity index (χ3v) is 4.11. The zero-order chi connectivity index (χ0) is 13.3. The SMILES string of the molecule is Cc1cccc(Cn2c(C)c(Br)c(C)nc2=O)c1. The van der Waals surface area contributed by atoms with Gasteiger partial charge in [-0.1, -0.05) is 29.8 Å². The third-order valence-electron chi connectivity index (χ3n) is 2.96. The molecule has 0 atom stereocenters. The highest BCUT2D eigenvalue weighted by molar-refractivity contribution is 9.10. The minimum atomic E-state index is -0.199. The normalized spacial score (nSPS) is 10.7. The second-order valence-electron chi connectivity index (χ2n) is 4.45. The van der Waals surface area contributed by atoms with Crippen LogP contribution in [0, 0.1) is 20.8 Å². The Balaban J connectivity index is 2.47. The summed E-state index contributed by atoms with van der Waals surface area (Å²) in [7, 11) is 0. The van der Waals surface area contributed by atoms with Crippen LogP contribution in [0.15, 0.2) is 33.5 Å². The first-order valence-electron chi connectivity index (χ1n) is 5.78. The smallest absolute Gasteiger partial charge is 0.291 e. The van der Waals surface area contributed by atoms with Crippen molar-refractivity contribution in [3.8, 4) is 0 Å². The van der Waals surface area contributed by atoms with Gasteiger partial charge < -0.3 is 0 Å². The number of rotatable bonds is 2. The van der Waals surface area contributed by atoms with Gasteiger partial charge in [-0.15, -0.1) is 0 Å². The van der Waals surface area contributed by atoms with Gasteiger partial charge in [0.15, 0.2) is 0 Å². The summed E-state index contributed by atoms with van der Waals surface area (Å²) in [6.45, 7) is 6.35. The number of hydrogen-bond acceptors (Lipinski definition) is 2. The molecule has 0 bridgehead atoms. The molecule has 2 aromatic rings. The Morgan fingerprint density at radius 3 is 2.67 bits per heavy atom. The van der Waals surface area contributed by atoms with Gasteiger partial charge >= 0.3 is 5.69 Å². The fourth-order valence-electron chi connectivity index (χ4n) is 1.96. The Hall–Kier alpha value is -1.42. The number of benzene rings is 1. The van der Waals surface area contributed by atoms with Crippen molar-refractivity contribution in [3.63, 3.8) is 0 Å². The van der Waals surface area contributed by atoms with Gasteiger partial charge in [0.1, 0.15) is 0 Å². The van der Waals surface area contributed by atoms with Gasteiger partial charge in [-0.25, -0.2) is 4.79 Å². The zero-order valence-corrected chi connectivity index (χ0v) is 12.3. The largest absolute Gasteiger partial charge is 0.348 e. The maximum Gasteiger partial charge on any atom is 0.348 e. The van der Waals surface area contributed by atoms with Crippen LogP contribution in [0.1, 0.15) is 22.5 Å². The van der Waals surface area contributed by atoms with Gasteiger partial charge in [-0.05, 0) is 42.3 Å². The van der Waals surface area contributed by atoms with Crippen LogP contribution in [0.4, 0.5) is 0 Å². The van der Waals surface area contributed by atoms with E-state index in [0.717, 1.165) is 21.4 Å². The molecule has 2 rings (SSSR count). The van der Waals surface area contributed by atoms with E-state index in [4.69, 9.17) is 0 Å². The van der Waals surface area contributed by atoms with Crippen LogP contribution in [0.5, 0.6) is 0 Å². The average Bonchev–Trinajstić information content (AvgIpc) is 2.32. The molecule has 0 N–H and O–H groups in total. The van der Waals surface area contributed by atoms with Crippen molar-refractivity contribution in [2.45, 2.75) is 27.3 Å². The molecule has 18 heavy (non-hydrogen) atoms. The van der Waals surface area contributed by atoms with E-state index in [0.29, 0.717) is 6.54 Å². The van der Waals surface area contributed by atoms with Crippen LogP contribution in [0.3, 0.4) is 0 Å². The van der Waals surface area contributed by atoms with Crippen molar-refractivity contribution < 1.29 is 0 Å². The van der Waals surface area contributed by atoms with Crippen LogP contribution in [0.2, 0.25) is 0 Å². The first-order valence-corrected chi connectivity index (χ1v) is 6.57. The summed E-state index contributed by atoms with van der Waals surface area (Å²) in [5, 5.41) is 0. The van der Waals surface area contributed by atoms with Gasteiger partial charge in [0.05, 0.1) is 16.7 Å². The summed E-state index contributed by atoms with van der Waals surface area (Å²) in [6.07, 6.45) is 0. The predicted octanol–water partition coefficient (Wildman–Crippen LogP) is 2.98. The van der Waals surface area contributed by atoms with Crippen molar-refractivity contribution in [2.24, 2.45) is 0 Å². The van der Waals surface area contributed by atoms with E-state index in [-0.39, 0.29) is 5.69 Å². The van der Waals surface area contributed by atoms with E-state index >= 15 is 0 Å². The van der Waals surface area contributed by atoms with Crippen molar-refractivity contribution >= 4 is 15.9 Å². The molecular formula is C14H15BrN2O. The highest BCUT2D eigenvalue weighted by Crippen LogP contribution is 2.17. The molecule has 0 saturated heterocycles. The lowest BCUT2D eigenvalue weighted by Gasteiger charge is -2.12. The molecule has 1 aromatic heterocycles. The Labute approximate surface area is 115 Å². The molecule has 0 amide bonds. The number of aryl methyl sites for hydroxylation is 2. The number of aromatic nitrogens is 2. The third kappa shape index (κ3) is 2.53. The van der Waals surface area contributed by atoms with Crippen molar-refractivity contribution in [2.75, 3.05) is 0 Å². The Morgan fingerprint density at radius 2 is 2.00 bits per heavy atom. The highest BCUT2D eigenvalue weighted by Gasteiger charge is 2.09. The standard InChI is InChI=1S/C14H15BrN2O/c1-9-5-4-6-12(7-9)8-17-11(3)13(15)10(2)16-14(17)18/h4-7H,8H2,1-3H3. The summed E-state index contributed by atoms with van der Waals surface area (Å²) in [4.78, 5) is 15.9. The fourth-order valence-corrected chi connectivity index (χ4v) is 2.26. The van der Waals surface area contributed by atoms with Crippen LogP contribution >= 0.6 is 15.9 Å². The topological polar surface area (TPSA) is 34.9 Å². The van der Waals surface area contributed by atoms with Crippen LogP contribution in [-0.4, -0.2) is 9.55 Å². The van der Waals surface area contributed by atoms with E-state index in [1.165, 1.54) is 5.56 Å². The summed E-state index contributed by atoms with van der Waals surface area (Å²) >= 11 is 3.47. The maximum atomic E-state index is 11.9. The summed E-state index contributed by atoms with van der Waals surface area (Å²) in [6, 6.07) is 8.15. The van der Waals surface area contributed by atoms with Crippen LogP contribution in [0.25, 0.3) is 0 Å². The zero-order valence-electron chi connectivity index (χ0n) is 10.7. The van der Waals surface area contributed by atoms with Gasteiger partial charge in [0.25, 0.3) is 0 Å². The lowest BCUT2D eigenvalue weighted by molar-refractivity contribution is 0.688. The van der Waals surface area contributed by atoms with Crippen molar-refractivity contribution in [1.82, 2.24) is 9.55 Å². The molecule has 0 fully saturated rings. The second-order valence-corrected chi connectivity index (χ2v) is 5.25. The van der Waals surface area contributed by atoms with E-state index in [9.17, 15) is 4.79 Å². The van der Waals surface area contributed by atoms with Crippen LogP contribution < -0.4 is 5.69 Å². The van der Waals surface area contributed by atoms with E-state index in [1.54, 1.807) is 4.57 Å². The summed E-state index contributed by atoms with van der Waals surface area (Å²) in [5.41, 5.74) is 3.75. The average molecular weight is 307 g/mol. The van der Waals surface area contributed by atoms with Gasteiger partial charge in [-0.2, -0.15) is 4.98 Å². The van der Waals surface area contributed by atoms with Gasteiger partial charge in [0.2, 0.25) is 0 Å². The molecular weight excluding hydrogens is 292 g/mol. The van der Waals surface area contributed by atoms with Crippen molar-refractivity contribution in [1.29, 1.82) is 0 Å². The Bertz CT molecular complexity index is 647. The van der Waals surface area contributed by atoms with E-state index in [2.05, 4.69) is 27.0 Å². The lowest BCUT2D eigenvalue weighted by Crippen LogP contribution is -2.26. The fraction of sp³-hybridized carbons (Fsp3) is 0.286. The molecule has 0 unspecified atom stereocenters. The predicted molar refractivity (Wildman–Crippen MR) is 76.0 cm³/mol. The molecule has 1 heterocycles. The summed E-state index contributed by atoms with van der Waals surface area (Å²) < 4.78 is 2.58. The second kappa shape index (κ2) is 5.06. The van der Waals surface area contributed by atoms with E-state index in [1.807, 2.05) is 39.0 Å². The molecule has 3 nitrogen and oxygen atoms in total. The highest BCUT2D eigenvalue weighted by atomic mass is 79.9. The minimum Gasteiger partial charge on any atom is -0.291 e. The first-order chi connectivity index (χ1) is 8.49. The number of halogens is 1. The Morgan fingerprint density at radius 1 is 1.28 bits per heavy atom. The molecule has 94 valence electrons. The van der Waals surface area contributed by atoms with Crippen LogP contribution in [-0.2, 0) is 6.54 Å². The molecule has 0 aliphatic carbocycles. The summed E-state index contributed by atoms with van der Waals surface area (Å²) in [5.74, 6) is 0. The maximum absolute atomic E-state index is 11.9. The number of hydrogen-bond donors (Lipinski definition) is 0. The van der Waals surface area contributed by atoms with E-state index < -0.39 is 0 Å². The van der Waals surface area contributed by atoms with Gasteiger partial charge in [-0.3, -0.25) is 4.57 Å². The Kier molecular flexibility index (Phi) is 3.66. The molecule has 0 saturated carbocycles. The minimum absolute atomic E-state index is 0.199. The number of nitrogens with zero attached hydrogens (tertiary/aromatic N) is 2. The first kappa shape index (κ1) is 13.0. The molecule has 0 radical (unpaired) electrons. The molecule has 0 aliphatic rings. The monoisotopic (exact) mass is 306 g/mol. The molecule has 1 aromatic carbocycles. The van der Waals surface area contributed by atoms with Gasteiger partial charge in [0, 0.05) is 5.69 Å². The quantitative estimate of drug-likeness (QED) is 0.855. The lowest BCUT2D eigenvalue weighted by atomic mass is 10.1. The van der Waals surface area contributed by atoms with Crippen molar-refractivity contribution in [3.05, 3.63) is 61.7 Å².